The van der Waals surface area contributed by atoms with E-state index in [9.17, 15) is 4.79 Å². The van der Waals surface area contributed by atoms with E-state index < -0.39 is 0 Å². The molecule has 0 spiro atoms. The van der Waals surface area contributed by atoms with Gasteiger partial charge >= 0.3 is 0 Å². The lowest BCUT2D eigenvalue weighted by Gasteiger charge is -2.26. The number of ether oxygens (including phenoxy) is 2. The van der Waals surface area contributed by atoms with Gasteiger partial charge in [-0.05, 0) is 62.1 Å². The summed E-state index contributed by atoms with van der Waals surface area (Å²) in [5.74, 6) is 1.70. The Bertz CT molecular complexity index is 926. The number of likely N-dealkylation sites (tertiary alicyclic amines) is 1. The highest BCUT2D eigenvalue weighted by molar-refractivity contribution is 5.95. The second kappa shape index (κ2) is 9.18. The zero-order valence-electron chi connectivity index (χ0n) is 18.0. The van der Waals surface area contributed by atoms with E-state index in [1.807, 2.05) is 24.3 Å². The van der Waals surface area contributed by atoms with Crippen molar-refractivity contribution in [3.05, 3.63) is 48.0 Å². The van der Waals surface area contributed by atoms with E-state index >= 15 is 0 Å². The van der Waals surface area contributed by atoms with Crippen LogP contribution >= 0.6 is 0 Å². The molecule has 0 saturated carbocycles. The third kappa shape index (κ3) is 4.49. The maximum Gasteiger partial charge on any atom is 0.238 e. The molecule has 164 valence electrons. The summed E-state index contributed by atoms with van der Waals surface area (Å²) in [7, 11) is 0. The van der Waals surface area contributed by atoms with Crippen LogP contribution in [0.5, 0.6) is 11.5 Å². The Morgan fingerprint density at radius 1 is 0.935 bits per heavy atom. The van der Waals surface area contributed by atoms with Crippen molar-refractivity contribution in [2.24, 2.45) is 0 Å². The van der Waals surface area contributed by atoms with Crippen LogP contribution in [0.15, 0.2) is 42.5 Å². The standard InChI is InChI=1S/C25H31N3O3/c29-25(26-20-7-1-2-8-22(20)27-12-3-4-13-27)18-28-14-5-9-21(28)19-10-11-23-24(17-19)31-16-6-15-30-23/h1-2,7-8,10-11,17,21H,3-6,9,12-16,18H2,(H,26,29)/t21-/m1/s1. The van der Waals surface area contributed by atoms with Crippen LogP contribution in [0.1, 0.15) is 43.7 Å². The second-order valence-corrected chi connectivity index (χ2v) is 8.64. The highest BCUT2D eigenvalue weighted by atomic mass is 16.5. The molecule has 6 nitrogen and oxygen atoms in total. The molecule has 0 unspecified atom stereocenters. The fraction of sp³-hybridized carbons (Fsp3) is 0.480. The highest BCUT2D eigenvalue weighted by Crippen LogP contribution is 2.38. The lowest BCUT2D eigenvalue weighted by atomic mass is 10.0. The molecule has 3 aliphatic heterocycles. The maximum absolute atomic E-state index is 13.0. The van der Waals surface area contributed by atoms with Crippen LogP contribution < -0.4 is 19.7 Å². The van der Waals surface area contributed by atoms with E-state index in [4.69, 9.17) is 9.47 Å². The third-order valence-electron chi connectivity index (χ3n) is 6.49. The number of benzene rings is 2. The van der Waals surface area contributed by atoms with E-state index in [1.165, 1.54) is 18.4 Å². The van der Waals surface area contributed by atoms with E-state index in [-0.39, 0.29) is 11.9 Å². The van der Waals surface area contributed by atoms with Gasteiger partial charge in [-0.1, -0.05) is 18.2 Å². The number of carbonyl (C=O) groups is 1. The molecule has 2 aromatic carbocycles. The molecule has 1 amide bonds. The summed E-state index contributed by atoms with van der Waals surface area (Å²) in [4.78, 5) is 17.6. The fourth-order valence-electron chi connectivity index (χ4n) is 4.97. The summed E-state index contributed by atoms with van der Waals surface area (Å²) >= 11 is 0. The molecule has 3 heterocycles. The minimum Gasteiger partial charge on any atom is -0.490 e. The number of anilines is 2. The predicted octanol–water partition coefficient (Wildman–Crippen LogP) is 4.22. The first-order chi connectivity index (χ1) is 15.3. The van der Waals surface area contributed by atoms with Crippen LogP contribution in [-0.4, -0.2) is 50.2 Å². The van der Waals surface area contributed by atoms with Gasteiger partial charge in [-0.15, -0.1) is 0 Å². The van der Waals surface area contributed by atoms with Gasteiger partial charge in [-0.2, -0.15) is 0 Å². The Hall–Kier alpha value is -2.73. The molecule has 0 aromatic heterocycles. The van der Waals surface area contributed by atoms with Crippen LogP contribution in [-0.2, 0) is 4.79 Å². The molecule has 0 bridgehead atoms. The Labute approximate surface area is 184 Å². The van der Waals surface area contributed by atoms with Crippen molar-refractivity contribution in [3.63, 3.8) is 0 Å². The summed E-state index contributed by atoms with van der Waals surface area (Å²) in [6.07, 6.45) is 5.48. The molecule has 1 N–H and O–H groups in total. The molecule has 0 radical (unpaired) electrons. The Balaban J connectivity index is 1.27. The maximum atomic E-state index is 13.0. The van der Waals surface area contributed by atoms with Crippen LogP contribution in [0.2, 0.25) is 0 Å². The van der Waals surface area contributed by atoms with Crippen LogP contribution in [0.3, 0.4) is 0 Å². The fourth-order valence-corrected chi connectivity index (χ4v) is 4.97. The number of carbonyl (C=O) groups excluding carboxylic acids is 1. The van der Waals surface area contributed by atoms with Gasteiger partial charge in [-0.3, -0.25) is 9.69 Å². The zero-order chi connectivity index (χ0) is 21.0. The van der Waals surface area contributed by atoms with Crippen LogP contribution in [0.4, 0.5) is 11.4 Å². The largest absolute Gasteiger partial charge is 0.490 e. The number of hydrogen-bond donors (Lipinski definition) is 1. The van der Waals surface area contributed by atoms with E-state index in [0.29, 0.717) is 19.8 Å². The Morgan fingerprint density at radius 2 is 1.74 bits per heavy atom. The lowest BCUT2D eigenvalue weighted by Crippen LogP contribution is -2.33. The molecule has 6 heteroatoms. The summed E-state index contributed by atoms with van der Waals surface area (Å²) in [5, 5.41) is 3.18. The molecule has 31 heavy (non-hydrogen) atoms. The number of hydrogen-bond acceptors (Lipinski definition) is 5. The molecule has 3 aliphatic rings. The topological polar surface area (TPSA) is 54.0 Å². The quantitative estimate of drug-likeness (QED) is 0.783. The molecule has 1 atom stereocenters. The van der Waals surface area contributed by atoms with Crippen LogP contribution in [0, 0.1) is 0 Å². The van der Waals surface area contributed by atoms with Crippen molar-refractivity contribution in [1.82, 2.24) is 4.90 Å². The van der Waals surface area contributed by atoms with Gasteiger partial charge in [0.2, 0.25) is 5.91 Å². The zero-order valence-corrected chi connectivity index (χ0v) is 18.0. The number of rotatable bonds is 5. The minimum absolute atomic E-state index is 0.0490. The molecular weight excluding hydrogens is 390 g/mol. The first-order valence-electron chi connectivity index (χ1n) is 11.6. The molecular formula is C25H31N3O3. The van der Waals surface area contributed by atoms with Crippen LogP contribution in [0.25, 0.3) is 0 Å². The Morgan fingerprint density at radius 3 is 2.61 bits per heavy atom. The molecule has 5 rings (SSSR count). The third-order valence-corrected chi connectivity index (χ3v) is 6.49. The van der Waals surface area contributed by atoms with Crippen molar-refractivity contribution >= 4 is 17.3 Å². The minimum atomic E-state index is 0.0490. The first-order valence-corrected chi connectivity index (χ1v) is 11.6. The normalized spacial score (nSPS) is 21.2. The van der Waals surface area contributed by atoms with Gasteiger partial charge in [0, 0.05) is 25.6 Å². The van der Waals surface area contributed by atoms with Crippen molar-refractivity contribution in [2.75, 3.05) is 49.6 Å². The smallest absolute Gasteiger partial charge is 0.238 e. The number of nitrogens with zero attached hydrogens (tertiary/aromatic N) is 2. The molecule has 2 aromatic rings. The summed E-state index contributed by atoms with van der Waals surface area (Å²) in [6.45, 7) is 4.83. The number of amides is 1. The summed E-state index contributed by atoms with van der Waals surface area (Å²) in [6, 6.07) is 14.6. The van der Waals surface area contributed by atoms with Gasteiger partial charge < -0.3 is 19.7 Å². The molecule has 2 saturated heterocycles. The van der Waals surface area contributed by atoms with Gasteiger partial charge in [0.25, 0.3) is 0 Å². The monoisotopic (exact) mass is 421 g/mol. The average Bonchev–Trinajstić information content (AvgIpc) is 3.42. The first kappa shape index (κ1) is 20.2. The van der Waals surface area contributed by atoms with Gasteiger partial charge in [-0.25, -0.2) is 0 Å². The summed E-state index contributed by atoms with van der Waals surface area (Å²) in [5.41, 5.74) is 3.25. The lowest BCUT2D eigenvalue weighted by molar-refractivity contribution is -0.117. The number of para-hydroxylation sites is 2. The average molecular weight is 422 g/mol. The SMILES string of the molecule is O=C(CN1CCC[C@@H]1c1ccc2c(c1)OCCCO2)Nc1ccccc1N1CCCC1. The summed E-state index contributed by atoms with van der Waals surface area (Å²) < 4.78 is 11.6. The van der Waals surface area contributed by atoms with Crippen molar-refractivity contribution < 1.29 is 14.3 Å². The van der Waals surface area contributed by atoms with Crippen molar-refractivity contribution in [2.45, 2.75) is 38.1 Å². The van der Waals surface area contributed by atoms with Gasteiger partial charge in [0.05, 0.1) is 31.1 Å². The predicted molar refractivity (Wildman–Crippen MR) is 122 cm³/mol. The van der Waals surface area contributed by atoms with Gasteiger partial charge in [0.1, 0.15) is 0 Å². The van der Waals surface area contributed by atoms with Gasteiger partial charge in [0.15, 0.2) is 11.5 Å². The Kier molecular flexibility index (Phi) is 5.98. The van der Waals surface area contributed by atoms with Crippen molar-refractivity contribution in [3.8, 4) is 11.5 Å². The number of nitrogens with one attached hydrogen (secondary N) is 1. The second-order valence-electron chi connectivity index (χ2n) is 8.64. The van der Waals surface area contributed by atoms with E-state index in [1.54, 1.807) is 0 Å². The molecule has 2 fully saturated rings. The number of fused-ring (bicyclic) bond motifs is 1. The van der Waals surface area contributed by atoms with E-state index in [2.05, 4.69) is 33.3 Å². The molecule has 0 aliphatic carbocycles. The van der Waals surface area contributed by atoms with E-state index in [0.717, 1.165) is 61.8 Å². The highest BCUT2D eigenvalue weighted by Gasteiger charge is 2.29. The van der Waals surface area contributed by atoms with Crippen molar-refractivity contribution in [1.29, 1.82) is 0 Å².